The van der Waals surface area contributed by atoms with Gasteiger partial charge in [-0.1, -0.05) is 449 Å². The van der Waals surface area contributed by atoms with Gasteiger partial charge in [-0.2, -0.15) is 0 Å². The third-order valence-electron chi connectivity index (χ3n) is 24.0. The molecule has 0 heterocycles. The van der Waals surface area contributed by atoms with Crippen molar-refractivity contribution in [1.29, 1.82) is 0 Å². The molecule has 0 amide bonds. The molecule has 0 saturated carbocycles. The molecule has 0 heteroatoms. The van der Waals surface area contributed by atoms with Crippen molar-refractivity contribution in [3.05, 3.63) is 483 Å². The molecule has 0 radical (unpaired) electrons. The van der Waals surface area contributed by atoms with Gasteiger partial charge in [0.05, 0.1) is 5.41 Å². The SMILES string of the molecule is c1ccc(-c2c3ccccc3c(-c3ccc4c(c3)C(c3ccccc3)(c3ccccc3)c3ccccc3-4)c3ccccc23)cc1.c1ccc(-c2ccc(-c3c4ccccc4c(-c4ccccc4)c4ccccc34)c3ccccc23)cc1.c1ccc2cc(-c3c4ccccc4c(-c4cccc5ccccc45)c4ccccc34)ccc2c1. The molecule has 22 aromatic rings. The summed E-state index contributed by atoms with van der Waals surface area (Å²) in [7, 11) is 0. The lowest BCUT2D eigenvalue weighted by Gasteiger charge is -2.34. The maximum Gasteiger partial charge on any atom is 0.0713 e. The van der Waals surface area contributed by atoms with Gasteiger partial charge in [0, 0.05) is 0 Å². The Balaban J connectivity index is 0.000000109. The number of hydrogen-bond acceptors (Lipinski definition) is 0. The standard InChI is InChI=1S/C45H30.C36H24.C34H22/c1-4-16-31(17-5-1)43-37-23-10-12-25-39(37)44(40-26-13-11-24-38(40)43)32-28-29-36-35-22-14-15-27-41(35)45(42(36)30-32,33-18-6-2-7-19-33)34-20-8-3-9-21-34;1-3-13-25(14-4-1)27-23-24-34(29-18-8-7-17-28(27)29)36-32-21-11-9-19-30(32)35(26-15-5-2-6-16-26)31-20-10-12-22-33(31)36;1-2-12-25-22-26(21-20-23(25)10-1)33-29-15-5-7-17-31(29)34(32-18-8-6-16-30(32)33)28-19-9-13-24-11-3-4-14-27(24)28/h1-30H;1-24H;1-22H. The fourth-order valence-electron chi connectivity index (χ4n) is 19.2. The average molecular weight is 1460 g/mol. The van der Waals surface area contributed by atoms with Crippen LogP contribution in [0.1, 0.15) is 22.3 Å². The van der Waals surface area contributed by atoms with Crippen LogP contribution in [0.5, 0.6) is 0 Å². The van der Waals surface area contributed by atoms with E-state index in [9.17, 15) is 0 Å². The summed E-state index contributed by atoms with van der Waals surface area (Å²) in [5.74, 6) is 0. The van der Waals surface area contributed by atoms with Crippen molar-refractivity contribution < 1.29 is 0 Å². The van der Waals surface area contributed by atoms with Gasteiger partial charge in [0.15, 0.2) is 0 Å². The lowest BCUT2D eigenvalue weighted by Crippen LogP contribution is -2.28. The summed E-state index contributed by atoms with van der Waals surface area (Å²) in [5.41, 5.74) is 25.3. The zero-order valence-corrected chi connectivity index (χ0v) is 63.4. The van der Waals surface area contributed by atoms with Crippen LogP contribution in [0.3, 0.4) is 0 Å². The minimum absolute atomic E-state index is 0.431. The summed E-state index contributed by atoms with van der Waals surface area (Å²) < 4.78 is 0. The first-order valence-electron chi connectivity index (χ1n) is 40.0. The number of fused-ring (bicyclic) bond motifs is 12. The highest BCUT2D eigenvalue weighted by molar-refractivity contribution is 6.27. The van der Waals surface area contributed by atoms with Crippen molar-refractivity contribution in [2.24, 2.45) is 0 Å². The van der Waals surface area contributed by atoms with Crippen LogP contribution >= 0.6 is 0 Å². The smallest absolute Gasteiger partial charge is 0.0622 e. The average Bonchev–Trinajstić information content (AvgIpc) is 1.52. The lowest BCUT2D eigenvalue weighted by molar-refractivity contribution is 0.769. The van der Waals surface area contributed by atoms with Crippen LogP contribution in [0.15, 0.2) is 461 Å². The molecule has 23 rings (SSSR count). The Morgan fingerprint density at radius 3 is 0.861 bits per heavy atom. The molecule has 1 aliphatic carbocycles. The molecule has 0 fully saturated rings. The van der Waals surface area contributed by atoms with Crippen LogP contribution in [-0.4, -0.2) is 0 Å². The van der Waals surface area contributed by atoms with E-state index in [0.717, 1.165) is 0 Å². The van der Waals surface area contributed by atoms with Gasteiger partial charge in [0.25, 0.3) is 0 Å². The van der Waals surface area contributed by atoms with Crippen LogP contribution in [0, 0.1) is 0 Å². The fourth-order valence-corrected chi connectivity index (χ4v) is 19.2. The molecule has 0 saturated heterocycles. The minimum Gasteiger partial charge on any atom is -0.0622 e. The van der Waals surface area contributed by atoms with E-state index in [0.29, 0.717) is 0 Å². The van der Waals surface area contributed by atoms with E-state index >= 15 is 0 Å². The summed E-state index contributed by atoms with van der Waals surface area (Å²) >= 11 is 0. The predicted molar refractivity (Wildman–Crippen MR) is 492 cm³/mol. The number of rotatable bonds is 9. The fraction of sp³-hybridized carbons (Fsp3) is 0.00870. The van der Waals surface area contributed by atoms with Crippen molar-refractivity contribution in [3.8, 4) is 89.0 Å². The normalized spacial score (nSPS) is 12.1. The third kappa shape index (κ3) is 11.6. The van der Waals surface area contributed by atoms with Gasteiger partial charge in [0.1, 0.15) is 0 Å². The first-order chi connectivity index (χ1) is 57.1. The van der Waals surface area contributed by atoms with Gasteiger partial charge in [-0.3, -0.25) is 0 Å². The van der Waals surface area contributed by atoms with E-state index in [4.69, 9.17) is 0 Å². The quantitative estimate of drug-likeness (QED) is 0.126. The second-order valence-corrected chi connectivity index (χ2v) is 30.2. The van der Waals surface area contributed by atoms with Crippen LogP contribution in [0.2, 0.25) is 0 Å². The van der Waals surface area contributed by atoms with Crippen molar-refractivity contribution in [3.63, 3.8) is 0 Å². The van der Waals surface area contributed by atoms with Crippen molar-refractivity contribution in [2.45, 2.75) is 5.41 Å². The van der Waals surface area contributed by atoms with Gasteiger partial charge < -0.3 is 0 Å². The topological polar surface area (TPSA) is 0 Å². The third-order valence-corrected chi connectivity index (χ3v) is 24.0. The Hall–Kier alpha value is -14.8. The molecule has 115 heavy (non-hydrogen) atoms. The zero-order chi connectivity index (χ0) is 76.2. The van der Waals surface area contributed by atoms with Gasteiger partial charge in [-0.25, -0.2) is 0 Å². The van der Waals surface area contributed by atoms with Crippen molar-refractivity contribution >= 4 is 97.0 Å². The lowest BCUT2D eigenvalue weighted by atomic mass is 9.67. The molecule has 0 N–H and O–H groups in total. The summed E-state index contributed by atoms with van der Waals surface area (Å²) in [6.07, 6.45) is 0. The maximum absolute atomic E-state index is 2.49. The highest BCUT2D eigenvalue weighted by Gasteiger charge is 2.46. The Bertz CT molecular complexity index is 7270. The van der Waals surface area contributed by atoms with E-state index in [1.54, 1.807) is 0 Å². The predicted octanol–water partition coefficient (Wildman–Crippen LogP) is 31.5. The zero-order valence-electron chi connectivity index (χ0n) is 63.4. The van der Waals surface area contributed by atoms with Gasteiger partial charge in [0.2, 0.25) is 0 Å². The highest BCUT2D eigenvalue weighted by Crippen LogP contribution is 2.58. The Kier molecular flexibility index (Phi) is 17.3. The molecule has 0 aliphatic heterocycles. The molecular formula is C115H76. The number of hydrogen-bond donors (Lipinski definition) is 0. The molecule has 536 valence electrons. The van der Waals surface area contributed by atoms with E-state index in [1.165, 1.54) is 208 Å². The molecule has 0 bridgehead atoms. The maximum atomic E-state index is 2.49. The van der Waals surface area contributed by atoms with E-state index in [2.05, 4.69) is 461 Å². The highest BCUT2D eigenvalue weighted by atomic mass is 14.5. The van der Waals surface area contributed by atoms with E-state index < -0.39 is 5.41 Å². The minimum atomic E-state index is -0.431. The molecular weight excluding hydrogens is 1380 g/mol. The molecule has 1 aliphatic rings. The monoisotopic (exact) mass is 1460 g/mol. The molecule has 0 aromatic heterocycles. The van der Waals surface area contributed by atoms with Gasteiger partial charge >= 0.3 is 0 Å². The van der Waals surface area contributed by atoms with Gasteiger partial charge in [-0.15, -0.1) is 0 Å². The van der Waals surface area contributed by atoms with Crippen LogP contribution in [-0.2, 0) is 5.41 Å². The Morgan fingerprint density at radius 2 is 0.400 bits per heavy atom. The summed E-state index contributed by atoms with van der Waals surface area (Å²) in [6.45, 7) is 0. The van der Waals surface area contributed by atoms with Crippen molar-refractivity contribution in [1.82, 2.24) is 0 Å². The molecule has 0 spiro atoms. The van der Waals surface area contributed by atoms with Crippen molar-refractivity contribution in [2.75, 3.05) is 0 Å². The first kappa shape index (κ1) is 68.2. The molecule has 0 unspecified atom stereocenters. The van der Waals surface area contributed by atoms with Crippen LogP contribution in [0.4, 0.5) is 0 Å². The molecule has 22 aromatic carbocycles. The van der Waals surface area contributed by atoms with E-state index in [-0.39, 0.29) is 0 Å². The Morgan fingerprint density at radius 1 is 0.122 bits per heavy atom. The van der Waals surface area contributed by atoms with Gasteiger partial charge in [-0.05, 0) is 220 Å². The van der Waals surface area contributed by atoms with Crippen LogP contribution in [0.25, 0.3) is 186 Å². The largest absolute Gasteiger partial charge is 0.0713 e. The van der Waals surface area contributed by atoms with E-state index in [1.807, 2.05) is 0 Å². The van der Waals surface area contributed by atoms with Crippen LogP contribution < -0.4 is 0 Å². The second-order valence-electron chi connectivity index (χ2n) is 30.2. The summed E-state index contributed by atoms with van der Waals surface area (Å²) in [4.78, 5) is 0. The number of benzene rings is 22. The molecule has 0 nitrogen and oxygen atoms in total. The second kappa shape index (κ2) is 29.1. The first-order valence-corrected chi connectivity index (χ1v) is 40.0. The summed E-state index contributed by atoms with van der Waals surface area (Å²) in [6, 6.07) is 168. The summed E-state index contributed by atoms with van der Waals surface area (Å²) in [5, 5.41) is 23.1. The Labute approximate surface area is 670 Å². The molecule has 0 atom stereocenters.